The number of carbonyl (C=O) groups is 1. The fourth-order valence-electron chi connectivity index (χ4n) is 4.67. The molecule has 0 aliphatic heterocycles. The van der Waals surface area contributed by atoms with Crippen molar-refractivity contribution in [2.75, 3.05) is 13.2 Å². The van der Waals surface area contributed by atoms with Gasteiger partial charge in [-0.25, -0.2) is 4.98 Å². The van der Waals surface area contributed by atoms with Crippen molar-refractivity contribution in [3.8, 4) is 5.75 Å². The molecular weight excluding hydrogens is 446 g/mol. The molecule has 0 spiro atoms. The molecule has 188 valence electrons. The van der Waals surface area contributed by atoms with Gasteiger partial charge in [-0.3, -0.25) is 4.79 Å². The number of para-hydroxylation sites is 2. The molecule has 5 heteroatoms. The van der Waals surface area contributed by atoms with E-state index in [0.29, 0.717) is 13.2 Å². The van der Waals surface area contributed by atoms with Crippen molar-refractivity contribution in [1.82, 2.24) is 14.9 Å². The van der Waals surface area contributed by atoms with Crippen LogP contribution in [0.1, 0.15) is 58.6 Å². The summed E-state index contributed by atoms with van der Waals surface area (Å²) in [4.78, 5) is 17.2. The predicted octanol–water partition coefficient (Wildman–Crippen LogP) is 6.57. The zero-order chi connectivity index (χ0) is 25.3. The third-order valence-corrected chi connectivity index (χ3v) is 6.37. The van der Waals surface area contributed by atoms with Gasteiger partial charge >= 0.3 is 0 Å². The van der Waals surface area contributed by atoms with Crippen LogP contribution in [0.5, 0.6) is 5.75 Å². The van der Waals surface area contributed by atoms with Crippen LogP contribution in [0.4, 0.5) is 0 Å². The molecule has 1 N–H and O–H groups in total. The maximum atomic E-state index is 12.3. The van der Waals surface area contributed by atoms with Gasteiger partial charge in [0.15, 0.2) is 0 Å². The highest BCUT2D eigenvalue weighted by Gasteiger charge is 2.11. The van der Waals surface area contributed by atoms with Crippen LogP contribution in [0, 0.1) is 20.8 Å². The summed E-state index contributed by atoms with van der Waals surface area (Å²) in [6.45, 7) is 8.45. The summed E-state index contributed by atoms with van der Waals surface area (Å²) in [5, 5.41) is 3.04. The number of nitrogens with zero attached hydrogens (tertiary/aromatic N) is 2. The van der Waals surface area contributed by atoms with Gasteiger partial charge in [0.2, 0.25) is 0 Å². The Morgan fingerprint density at radius 2 is 1.67 bits per heavy atom. The van der Waals surface area contributed by atoms with Crippen molar-refractivity contribution in [3.05, 3.63) is 94.8 Å². The molecule has 4 rings (SSSR count). The van der Waals surface area contributed by atoms with Crippen LogP contribution in [-0.2, 0) is 13.0 Å². The maximum Gasteiger partial charge on any atom is 0.251 e. The largest absolute Gasteiger partial charge is 0.494 e. The smallest absolute Gasteiger partial charge is 0.251 e. The van der Waals surface area contributed by atoms with E-state index in [4.69, 9.17) is 9.72 Å². The van der Waals surface area contributed by atoms with Crippen LogP contribution in [0.3, 0.4) is 0 Å². The number of imidazole rings is 1. The van der Waals surface area contributed by atoms with E-state index in [1.165, 1.54) is 16.6 Å². The summed E-state index contributed by atoms with van der Waals surface area (Å²) < 4.78 is 8.38. The number of fused-ring (bicyclic) bond motifs is 1. The van der Waals surface area contributed by atoms with Crippen molar-refractivity contribution in [3.63, 3.8) is 0 Å². The molecule has 1 heterocycles. The Kier molecular flexibility index (Phi) is 8.77. The van der Waals surface area contributed by atoms with E-state index >= 15 is 0 Å². The lowest BCUT2D eigenvalue weighted by atomic mass is 10.1. The van der Waals surface area contributed by atoms with Crippen LogP contribution in [0.25, 0.3) is 11.0 Å². The molecule has 36 heavy (non-hydrogen) atoms. The van der Waals surface area contributed by atoms with E-state index in [1.807, 2.05) is 37.3 Å². The Bertz CT molecular complexity index is 1290. The molecule has 1 aromatic heterocycles. The average Bonchev–Trinajstić information content (AvgIpc) is 3.20. The van der Waals surface area contributed by atoms with Crippen molar-refractivity contribution in [1.29, 1.82) is 0 Å². The minimum atomic E-state index is 0.00327. The van der Waals surface area contributed by atoms with E-state index in [9.17, 15) is 4.79 Å². The molecule has 0 fully saturated rings. The fourth-order valence-corrected chi connectivity index (χ4v) is 4.67. The summed E-state index contributed by atoms with van der Waals surface area (Å²) in [7, 11) is 0. The first-order chi connectivity index (χ1) is 17.5. The molecule has 1 amide bonds. The second-order valence-electron chi connectivity index (χ2n) is 9.63. The highest BCUT2D eigenvalue weighted by atomic mass is 16.5. The van der Waals surface area contributed by atoms with Crippen LogP contribution in [0.2, 0.25) is 0 Å². The number of aryl methyl sites for hydroxylation is 5. The Hall–Kier alpha value is -3.60. The number of benzene rings is 3. The van der Waals surface area contributed by atoms with E-state index < -0.39 is 0 Å². The normalized spacial score (nSPS) is 11.1. The Labute approximate surface area is 214 Å². The third kappa shape index (κ3) is 6.97. The monoisotopic (exact) mass is 483 g/mol. The molecule has 4 aromatic rings. The number of rotatable bonds is 12. The van der Waals surface area contributed by atoms with Gasteiger partial charge in [0.25, 0.3) is 5.91 Å². The van der Waals surface area contributed by atoms with Gasteiger partial charge in [-0.05, 0) is 87.6 Å². The summed E-state index contributed by atoms with van der Waals surface area (Å²) in [5.41, 5.74) is 6.51. The first-order valence-corrected chi connectivity index (χ1v) is 13.0. The number of unbranched alkanes of at least 4 members (excludes halogenated alkanes) is 2. The first kappa shape index (κ1) is 25.5. The van der Waals surface area contributed by atoms with E-state index in [1.54, 1.807) is 0 Å². The lowest BCUT2D eigenvalue weighted by Gasteiger charge is -2.11. The number of hydrogen-bond acceptors (Lipinski definition) is 3. The van der Waals surface area contributed by atoms with E-state index in [-0.39, 0.29) is 5.91 Å². The minimum absolute atomic E-state index is 0.00327. The van der Waals surface area contributed by atoms with Crippen molar-refractivity contribution in [2.24, 2.45) is 0 Å². The van der Waals surface area contributed by atoms with Crippen LogP contribution < -0.4 is 10.1 Å². The summed E-state index contributed by atoms with van der Waals surface area (Å²) in [5.74, 6) is 2.08. The molecule has 0 saturated heterocycles. The summed E-state index contributed by atoms with van der Waals surface area (Å²) in [6, 6.07) is 22.4. The third-order valence-electron chi connectivity index (χ3n) is 6.37. The zero-order valence-corrected chi connectivity index (χ0v) is 21.7. The van der Waals surface area contributed by atoms with Gasteiger partial charge in [-0.15, -0.1) is 0 Å². The molecule has 0 bridgehead atoms. The fraction of sp³-hybridized carbons (Fsp3) is 0.355. The summed E-state index contributed by atoms with van der Waals surface area (Å²) in [6.07, 6.45) is 4.90. The topological polar surface area (TPSA) is 56.1 Å². The number of hydrogen-bond donors (Lipinski definition) is 1. The molecule has 0 aliphatic carbocycles. The standard InChI is InChI=1S/C31H37N3O2/c1-23-11-9-12-26(20-23)31(35)32-16-8-4-5-15-30-33-28-13-6-7-14-29(28)34(30)17-10-18-36-27-21-24(2)19-25(3)22-27/h6-7,9,11-14,19-22H,4-5,8,10,15-18H2,1-3H3,(H,32,35). The van der Waals surface area contributed by atoms with Gasteiger partial charge in [0.05, 0.1) is 17.6 Å². The van der Waals surface area contributed by atoms with Crippen molar-refractivity contribution in [2.45, 2.75) is 59.4 Å². The zero-order valence-electron chi connectivity index (χ0n) is 21.7. The van der Waals surface area contributed by atoms with E-state index in [0.717, 1.165) is 66.9 Å². The highest BCUT2D eigenvalue weighted by Crippen LogP contribution is 2.20. The van der Waals surface area contributed by atoms with Crippen molar-refractivity contribution < 1.29 is 9.53 Å². The number of amides is 1. The second-order valence-corrected chi connectivity index (χ2v) is 9.63. The molecule has 0 radical (unpaired) electrons. The molecule has 5 nitrogen and oxygen atoms in total. The van der Waals surface area contributed by atoms with Crippen LogP contribution in [0.15, 0.2) is 66.7 Å². The Morgan fingerprint density at radius 3 is 2.47 bits per heavy atom. The molecule has 0 unspecified atom stereocenters. The average molecular weight is 484 g/mol. The maximum absolute atomic E-state index is 12.3. The Balaban J connectivity index is 1.25. The van der Waals surface area contributed by atoms with Crippen LogP contribution >= 0.6 is 0 Å². The van der Waals surface area contributed by atoms with Gasteiger partial charge in [-0.2, -0.15) is 0 Å². The van der Waals surface area contributed by atoms with Crippen LogP contribution in [-0.4, -0.2) is 28.6 Å². The second kappa shape index (κ2) is 12.4. The molecule has 0 atom stereocenters. The number of ether oxygens (including phenoxy) is 1. The number of nitrogens with one attached hydrogen (secondary N) is 1. The van der Waals surface area contributed by atoms with Crippen molar-refractivity contribution >= 4 is 16.9 Å². The quantitative estimate of drug-likeness (QED) is 0.232. The number of aromatic nitrogens is 2. The molecule has 0 saturated carbocycles. The highest BCUT2D eigenvalue weighted by molar-refractivity contribution is 5.94. The van der Waals surface area contributed by atoms with Gasteiger partial charge in [0.1, 0.15) is 11.6 Å². The Morgan fingerprint density at radius 1 is 0.861 bits per heavy atom. The lowest BCUT2D eigenvalue weighted by molar-refractivity contribution is 0.0953. The van der Waals surface area contributed by atoms with Gasteiger partial charge < -0.3 is 14.6 Å². The van der Waals surface area contributed by atoms with Gasteiger partial charge in [-0.1, -0.05) is 42.3 Å². The molecule has 0 aliphatic rings. The molecular formula is C31H37N3O2. The van der Waals surface area contributed by atoms with E-state index in [2.05, 4.69) is 60.1 Å². The molecule has 3 aromatic carbocycles. The SMILES string of the molecule is Cc1cc(C)cc(OCCCn2c(CCCCCNC(=O)c3cccc(C)c3)nc3ccccc32)c1. The lowest BCUT2D eigenvalue weighted by Crippen LogP contribution is -2.24. The first-order valence-electron chi connectivity index (χ1n) is 13.0. The summed E-state index contributed by atoms with van der Waals surface area (Å²) >= 11 is 0. The minimum Gasteiger partial charge on any atom is -0.494 e. The predicted molar refractivity (Wildman–Crippen MR) is 147 cm³/mol. The number of carbonyl (C=O) groups excluding carboxylic acids is 1. The van der Waals surface area contributed by atoms with Gasteiger partial charge in [0, 0.05) is 25.1 Å².